The first kappa shape index (κ1) is 12.9. The maximum absolute atomic E-state index is 6.08. The number of aromatic nitrogens is 3. The topological polar surface area (TPSA) is 66.0 Å². The molecule has 6 heteroatoms. The van der Waals surface area contributed by atoms with Gasteiger partial charge in [0.15, 0.2) is 0 Å². The summed E-state index contributed by atoms with van der Waals surface area (Å²) >= 11 is 0. The highest BCUT2D eigenvalue weighted by Gasteiger charge is 2.22. The molecule has 0 spiro atoms. The largest absolute Gasteiger partial charge is 0.476 e. The van der Waals surface area contributed by atoms with E-state index in [1.54, 1.807) is 0 Å². The van der Waals surface area contributed by atoms with Crippen LogP contribution in [0.2, 0.25) is 19.6 Å². The number of hydrogen-bond donors (Lipinski definition) is 1. The highest BCUT2D eigenvalue weighted by atomic mass is 28.3. The second-order valence-corrected chi connectivity index (χ2v) is 10.4. The monoisotopic (exact) mass is 264 g/mol. The first-order valence-corrected chi connectivity index (χ1v) is 9.61. The number of fused-ring (bicyclic) bond motifs is 1. The van der Waals surface area contributed by atoms with Crippen LogP contribution in [-0.2, 0) is 7.05 Å². The summed E-state index contributed by atoms with van der Waals surface area (Å²) in [5.74, 6) is 1.09. The van der Waals surface area contributed by atoms with Crippen LogP contribution in [0.1, 0.15) is 6.92 Å². The molecule has 0 aromatic carbocycles. The van der Waals surface area contributed by atoms with Crippen molar-refractivity contribution < 1.29 is 4.74 Å². The molecular formula is C12H20N4OSi. The molecule has 0 atom stereocenters. The molecular weight excluding hydrogens is 244 g/mol. The predicted octanol–water partition coefficient (Wildman–Crippen LogP) is 1.49. The van der Waals surface area contributed by atoms with E-state index in [0.717, 1.165) is 16.2 Å². The number of rotatable bonds is 3. The van der Waals surface area contributed by atoms with Crippen molar-refractivity contribution in [2.75, 3.05) is 12.3 Å². The van der Waals surface area contributed by atoms with Gasteiger partial charge in [-0.25, -0.2) is 4.98 Å². The second kappa shape index (κ2) is 4.27. The molecule has 2 aromatic rings. The van der Waals surface area contributed by atoms with E-state index < -0.39 is 8.07 Å². The zero-order chi connectivity index (χ0) is 13.5. The minimum atomic E-state index is -1.49. The summed E-state index contributed by atoms with van der Waals surface area (Å²) in [6.07, 6.45) is 0. The number of ether oxygens (including phenoxy) is 1. The van der Waals surface area contributed by atoms with Gasteiger partial charge in [-0.15, -0.1) is 5.10 Å². The van der Waals surface area contributed by atoms with Crippen molar-refractivity contribution in [2.45, 2.75) is 26.6 Å². The molecule has 0 aliphatic carbocycles. The Morgan fingerprint density at radius 1 is 1.39 bits per heavy atom. The first-order valence-electron chi connectivity index (χ1n) is 6.11. The summed E-state index contributed by atoms with van der Waals surface area (Å²) in [6, 6.07) is 2.09. The van der Waals surface area contributed by atoms with E-state index in [0.29, 0.717) is 18.3 Å². The van der Waals surface area contributed by atoms with Crippen molar-refractivity contribution in [2.24, 2.45) is 7.05 Å². The van der Waals surface area contributed by atoms with Crippen LogP contribution in [0.5, 0.6) is 5.88 Å². The lowest BCUT2D eigenvalue weighted by Gasteiger charge is -2.16. The van der Waals surface area contributed by atoms with Gasteiger partial charge < -0.3 is 10.5 Å². The number of hydrogen-bond acceptors (Lipinski definition) is 4. The van der Waals surface area contributed by atoms with Crippen LogP contribution in [0.4, 0.5) is 5.82 Å². The summed E-state index contributed by atoms with van der Waals surface area (Å²) in [7, 11) is 0.414. The zero-order valence-electron chi connectivity index (χ0n) is 11.6. The van der Waals surface area contributed by atoms with Crippen molar-refractivity contribution in [3.8, 4) is 5.88 Å². The summed E-state index contributed by atoms with van der Waals surface area (Å²) in [6.45, 7) is 9.25. The molecule has 2 N–H and O–H groups in total. The first-order chi connectivity index (χ1) is 8.34. The Kier molecular flexibility index (Phi) is 3.06. The van der Waals surface area contributed by atoms with Crippen LogP contribution >= 0.6 is 0 Å². The predicted molar refractivity (Wildman–Crippen MR) is 77.1 cm³/mol. The molecule has 0 saturated carbocycles. The van der Waals surface area contributed by atoms with Gasteiger partial charge in [0.1, 0.15) is 19.3 Å². The molecule has 2 aromatic heterocycles. The van der Waals surface area contributed by atoms with Crippen LogP contribution in [0.3, 0.4) is 0 Å². The van der Waals surface area contributed by atoms with Gasteiger partial charge in [-0.05, 0) is 13.0 Å². The van der Waals surface area contributed by atoms with Crippen molar-refractivity contribution in [3.05, 3.63) is 6.07 Å². The molecule has 2 heterocycles. The quantitative estimate of drug-likeness (QED) is 0.853. The Hall–Kier alpha value is -1.56. The third kappa shape index (κ3) is 2.08. The number of anilines is 1. The lowest BCUT2D eigenvalue weighted by molar-refractivity contribution is 0.326. The number of nitrogens with two attached hydrogens (primary N) is 1. The Labute approximate surface area is 108 Å². The Balaban J connectivity index is 2.71. The Morgan fingerprint density at radius 3 is 2.61 bits per heavy atom. The molecule has 98 valence electrons. The van der Waals surface area contributed by atoms with Crippen LogP contribution in [0.25, 0.3) is 10.9 Å². The van der Waals surface area contributed by atoms with E-state index in [1.807, 2.05) is 18.7 Å². The van der Waals surface area contributed by atoms with Crippen molar-refractivity contribution in [1.82, 2.24) is 14.8 Å². The molecule has 0 radical (unpaired) electrons. The third-order valence-corrected chi connectivity index (χ3v) is 4.67. The van der Waals surface area contributed by atoms with Gasteiger partial charge in [-0.3, -0.25) is 4.68 Å². The fourth-order valence-electron chi connectivity index (χ4n) is 1.89. The van der Waals surface area contributed by atoms with Crippen molar-refractivity contribution in [3.63, 3.8) is 0 Å². The summed E-state index contributed by atoms with van der Waals surface area (Å²) < 4.78 is 7.31. The standard InChI is InChI=1S/C12H20N4OSi/c1-6-17-12-10-8(16(2)15-12)7-9(14-11(10)13)18(3,4)5/h7H,6H2,1-5H3,(H2,13,14). The minimum absolute atomic E-state index is 0.515. The molecule has 0 aliphatic heterocycles. The van der Waals surface area contributed by atoms with E-state index in [9.17, 15) is 0 Å². The molecule has 0 amide bonds. The molecule has 0 fully saturated rings. The lowest BCUT2D eigenvalue weighted by atomic mass is 10.3. The van der Waals surface area contributed by atoms with Gasteiger partial charge in [-0.2, -0.15) is 0 Å². The molecule has 2 rings (SSSR count). The van der Waals surface area contributed by atoms with E-state index in [4.69, 9.17) is 10.5 Å². The highest BCUT2D eigenvalue weighted by Crippen LogP contribution is 2.28. The van der Waals surface area contributed by atoms with Crippen LogP contribution in [-0.4, -0.2) is 29.4 Å². The SMILES string of the molecule is CCOc1nn(C)c2cc([Si](C)(C)C)nc(N)c12. The fraction of sp³-hybridized carbons (Fsp3) is 0.500. The number of nitrogens with zero attached hydrogens (tertiary/aromatic N) is 3. The van der Waals surface area contributed by atoms with E-state index >= 15 is 0 Å². The number of aryl methyl sites for hydroxylation is 1. The van der Waals surface area contributed by atoms with Crippen LogP contribution in [0.15, 0.2) is 6.07 Å². The van der Waals surface area contributed by atoms with Gasteiger partial charge in [0.05, 0.1) is 12.1 Å². The van der Waals surface area contributed by atoms with Gasteiger partial charge >= 0.3 is 0 Å². The van der Waals surface area contributed by atoms with Crippen molar-refractivity contribution in [1.29, 1.82) is 0 Å². The second-order valence-electron chi connectivity index (χ2n) is 5.40. The van der Waals surface area contributed by atoms with Crippen LogP contribution in [0, 0.1) is 0 Å². The Bertz CT molecular complexity index is 586. The third-order valence-electron chi connectivity index (χ3n) is 2.88. The van der Waals surface area contributed by atoms with E-state index in [-0.39, 0.29) is 0 Å². The summed E-state index contributed by atoms with van der Waals surface area (Å²) in [5.41, 5.74) is 7.07. The van der Waals surface area contributed by atoms with E-state index in [1.165, 1.54) is 0 Å². The highest BCUT2D eigenvalue weighted by molar-refractivity contribution is 6.88. The average Bonchev–Trinajstić information content (AvgIpc) is 2.55. The van der Waals surface area contributed by atoms with E-state index in [2.05, 4.69) is 35.8 Å². The molecule has 0 unspecified atom stereocenters. The molecule has 0 aliphatic rings. The maximum Gasteiger partial charge on any atom is 0.244 e. The Morgan fingerprint density at radius 2 is 2.06 bits per heavy atom. The average molecular weight is 264 g/mol. The van der Waals surface area contributed by atoms with Crippen molar-refractivity contribution >= 4 is 30.1 Å². The normalized spacial score (nSPS) is 12.1. The van der Waals surface area contributed by atoms with Gasteiger partial charge in [-0.1, -0.05) is 19.6 Å². The zero-order valence-corrected chi connectivity index (χ0v) is 12.6. The van der Waals surface area contributed by atoms with Gasteiger partial charge in [0, 0.05) is 12.4 Å². The molecule has 18 heavy (non-hydrogen) atoms. The summed E-state index contributed by atoms with van der Waals surface area (Å²) in [5, 5.41) is 6.27. The summed E-state index contributed by atoms with van der Waals surface area (Å²) in [4.78, 5) is 4.54. The molecule has 0 bridgehead atoms. The number of nitrogen functional groups attached to an aromatic ring is 1. The molecule has 5 nitrogen and oxygen atoms in total. The lowest BCUT2D eigenvalue weighted by Crippen LogP contribution is -2.40. The fourth-order valence-corrected chi connectivity index (χ4v) is 2.91. The van der Waals surface area contributed by atoms with Crippen LogP contribution < -0.4 is 15.8 Å². The van der Waals surface area contributed by atoms with Gasteiger partial charge in [0.25, 0.3) is 0 Å². The maximum atomic E-state index is 6.08. The minimum Gasteiger partial charge on any atom is -0.476 e. The smallest absolute Gasteiger partial charge is 0.244 e. The molecule has 0 saturated heterocycles. The number of pyridine rings is 1. The van der Waals surface area contributed by atoms with Gasteiger partial charge in [0.2, 0.25) is 5.88 Å².